The van der Waals surface area contributed by atoms with Gasteiger partial charge in [0.25, 0.3) is 0 Å². The number of aromatic hydroxyl groups is 1. The molecule has 0 spiro atoms. The van der Waals surface area contributed by atoms with E-state index in [2.05, 4.69) is 9.99 Å². The van der Waals surface area contributed by atoms with Gasteiger partial charge < -0.3 is 34.4 Å². The van der Waals surface area contributed by atoms with E-state index in [0.29, 0.717) is 41.8 Å². The van der Waals surface area contributed by atoms with E-state index in [1.165, 1.54) is 7.11 Å². The highest BCUT2D eigenvalue weighted by Crippen LogP contribution is 2.42. The van der Waals surface area contributed by atoms with Gasteiger partial charge in [0.05, 0.1) is 26.9 Å². The van der Waals surface area contributed by atoms with Crippen LogP contribution in [0.4, 0.5) is 0 Å². The van der Waals surface area contributed by atoms with Gasteiger partial charge in [-0.3, -0.25) is 14.8 Å². The number of phenolic OH excluding ortho intramolecular Hbond substituents is 1. The molecule has 1 aromatic rings. The minimum absolute atomic E-state index is 0.119. The van der Waals surface area contributed by atoms with Crippen LogP contribution in [0.1, 0.15) is 61.2 Å². The zero-order valence-corrected chi connectivity index (χ0v) is 25.4. The summed E-state index contributed by atoms with van der Waals surface area (Å²) in [5.74, 6) is -0.549. The molecule has 40 heavy (non-hydrogen) atoms. The third kappa shape index (κ3) is 10.1. The summed E-state index contributed by atoms with van der Waals surface area (Å²) in [6.07, 6.45) is 3.26. The molecule has 1 unspecified atom stereocenters. The van der Waals surface area contributed by atoms with Crippen LogP contribution >= 0.6 is 8.30 Å². The zero-order valence-electron chi connectivity index (χ0n) is 24.5. The molecule has 2 aliphatic heterocycles. The molecule has 1 fully saturated rings. The van der Waals surface area contributed by atoms with Crippen molar-refractivity contribution in [3.05, 3.63) is 33.9 Å². The molecule has 0 aliphatic carbocycles. The summed E-state index contributed by atoms with van der Waals surface area (Å²) in [4.78, 5) is 37.1. The number of nitrogens with zero attached hydrogens (tertiary/aromatic N) is 1. The number of methoxy groups -OCH3 is 1. The van der Waals surface area contributed by atoms with Gasteiger partial charge >= 0.3 is 11.9 Å². The van der Waals surface area contributed by atoms with Gasteiger partial charge in [-0.05, 0) is 53.0 Å². The van der Waals surface area contributed by atoms with Crippen LogP contribution in [0.25, 0.3) is 0 Å². The standard InChI is InChI=1S/C25H37N2O8P.C3H7N/c1-16(6-7-19-22(28)21-20(14-35-25(21)30)17(2)23(19)32-4)15-36(31)26-18(3)24(29)34-11-5-8-27-9-12-33-13-10-27;1-3(2)4/h6,18,26,28,31H,5,7-15H2,1-4H3;4H,1-2H3/b16-6+;/t18-,36?;/m0./s1. The SMILES string of the molecule is CC(C)=N.COc1c(C)c2c(c(O)c1C/C=C(\C)CP(O)N[C@@H](C)C(=O)OCCCN1CCOCC1)C(=O)OC2. The number of morpholine rings is 1. The van der Waals surface area contributed by atoms with Crippen molar-refractivity contribution >= 4 is 25.9 Å². The molecule has 224 valence electrons. The van der Waals surface area contributed by atoms with Crippen molar-refractivity contribution < 1.29 is 38.5 Å². The highest BCUT2D eigenvalue weighted by Gasteiger charge is 2.32. The number of allylic oxidation sites excluding steroid dienone is 2. The number of cyclic esters (lactones) is 1. The summed E-state index contributed by atoms with van der Waals surface area (Å²) in [7, 11) is -0.127. The Bertz CT molecular complexity index is 1070. The second kappa shape index (κ2) is 16.6. The van der Waals surface area contributed by atoms with Crippen molar-refractivity contribution in [2.24, 2.45) is 0 Å². The molecular formula is C28H44N3O8P. The van der Waals surface area contributed by atoms with E-state index in [0.717, 1.165) is 50.4 Å². The Labute approximate surface area is 238 Å². The molecule has 1 aromatic carbocycles. The Morgan fingerprint density at radius 3 is 2.55 bits per heavy atom. The molecule has 11 nitrogen and oxygen atoms in total. The molecule has 0 amide bonds. The monoisotopic (exact) mass is 581 g/mol. The lowest BCUT2D eigenvalue weighted by Gasteiger charge is -2.26. The summed E-state index contributed by atoms with van der Waals surface area (Å²) >= 11 is 0. The Kier molecular flexibility index (Phi) is 14.0. The number of esters is 2. The van der Waals surface area contributed by atoms with E-state index in [-0.39, 0.29) is 17.9 Å². The molecule has 12 heteroatoms. The van der Waals surface area contributed by atoms with Crippen molar-refractivity contribution in [3.63, 3.8) is 0 Å². The fourth-order valence-corrected chi connectivity index (χ4v) is 5.58. The first-order valence-electron chi connectivity index (χ1n) is 13.4. The number of ether oxygens (including phenoxy) is 4. The Balaban J connectivity index is 0.00000131. The van der Waals surface area contributed by atoms with Crippen molar-refractivity contribution in [3.8, 4) is 11.5 Å². The lowest BCUT2D eigenvalue weighted by atomic mass is 9.95. The van der Waals surface area contributed by atoms with Gasteiger partial charge in [0.2, 0.25) is 0 Å². The Morgan fingerprint density at radius 2 is 1.93 bits per heavy atom. The number of nitrogens with one attached hydrogen (secondary N) is 2. The second-order valence-corrected chi connectivity index (χ2v) is 11.4. The van der Waals surface area contributed by atoms with Gasteiger partial charge in [-0.2, -0.15) is 0 Å². The van der Waals surface area contributed by atoms with Crippen LogP contribution in [-0.2, 0) is 32.0 Å². The lowest BCUT2D eigenvalue weighted by molar-refractivity contribution is -0.145. The van der Waals surface area contributed by atoms with Crippen LogP contribution in [-0.4, -0.2) is 91.3 Å². The number of carbonyl (C=O) groups is 2. The predicted molar refractivity (Wildman–Crippen MR) is 154 cm³/mol. The quantitative estimate of drug-likeness (QED) is 0.0950. The molecule has 3 rings (SSSR count). The molecule has 1 saturated heterocycles. The first-order chi connectivity index (χ1) is 19.0. The molecule has 2 aliphatic rings. The average Bonchev–Trinajstić information content (AvgIpc) is 3.29. The predicted octanol–water partition coefficient (Wildman–Crippen LogP) is 3.46. The van der Waals surface area contributed by atoms with Crippen LogP contribution < -0.4 is 9.82 Å². The highest BCUT2D eigenvalue weighted by molar-refractivity contribution is 7.49. The third-order valence-corrected chi connectivity index (χ3v) is 7.85. The van der Waals surface area contributed by atoms with E-state index in [9.17, 15) is 19.6 Å². The highest BCUT2D eigenvalue weighted by atomic mass is 31.2. The number of carbonyl (C=O) groups excluding carboxylic acids is 2. The number of rotatable bonds is 12. The minimum Gasteiger partial charge on any atom is -0.507 e. The number of hydrogen-bond donors (Lipinski definition) is 4. The smallest absolute Gasteiger partial charge is 0.342 e. The summed E-state index contributed by atoms with van der Waals surface area (Å²) in [5, 5.41) is 20.2. The van der Waals surface area contributed by atoms with Gasteiger partial charge in [-0.15, -0.1) is 0 Å². The number of fused-ring (bicyclic) bond motifs is 1. The number of hydrogen-bond acceptors (Lipinski definition) is 11. The first kappa shape index (κ1) is 33.6. The van der Waals surface area contributed by atoms with Gasteiger partial charge in [0.15, 0.2) is 0 Å². The van der Waals surface area contributed by atoms with Gasteiger partial charge in [-0.1, -0.05) is 11.6 Å². The normalized spacial score (nSPS) is 16.8. The molecule has 0 aromatic heterocycles. The lowest BCUT2D eigenvalue weighted by Crippen LogP contribution is -2.37. The third-order valence-electron chi connectivity index (χ3n) is 6.36. The summed E-state index contributed by atoms with van der Waals surface area (Å²) in [6.45, 7) is 13.5. The molecule has 4 N–H and O–H groups in total. The molecule has 0 radical (unpaired) electrons. The number of benzene rings is 1. The maximum Gasteiger partial charge on any atom is 0.342 e. The maximum atomic E-state index is 12.3. The fourth-order valence-electron chi connectivity index (χ4n) is 4.34. The Morgan fingerprint density at radius 1 is 1.27 bits per heavy atom. The maximum absolute atomic E-state index is 12.3. The van der Waals surface area contributed by atoms with Crippen molar-refractivity contribution in [2.45, 2.75) is 60.1 Å². The van der Waals surface area contributed by atoms with Crippen LogP contribution in [0.2, 0.25) is 0 Å². The molecule has 2 heterocycles. The first-order valence-corrected chi connectivity index (χ1v) is 14.9. The molecule has 2 atom stereocenters. The van der Waals surface area contributed by atoms with Gasteiger partial charge in [0.1, 0.15) is 38.0 Å². The minimum atomic E-state index is -1.65. The van der Waals surface area contributed by atoms with E-state index >= 15 is 0 Å². The Hall–Kier alpha value is -2.56. The summed E-state index contributed by atoms with van der Waals surface area (Å²) in [5.41, 5.74) is 3.63. The van der Waals surface area contributed by atoms with E-state index < -0.39 is 26.3 Å². The van der Waals surface area contributed by atoms with Crippen LogP contribution in [0.15, 0.2) is 11.6 Å². The fraction of sp³-hybridized carbons (Fsp3) is 0.607. The van der Waals surface area contributed by atoms with Crippen molar-refractivity contribution in [1.29, 1.82) is 5.41 Å². The van der Waals surface area contributed by atoms with E-state index in [1.54, 1.807) is 20.8 Å². The number of phenols is 1. The molecule has 0 bridgehead atoms. The van der Waals surface area contributed by atoms with Crippen LogP contribution in [0.5, 0.6) is 11.5 Å². The summed E-state index contributed by atoms with van der Waals surface area (Å²) in [6, 6.07) is -0.633. The average molecular weight is 582 g/mol. The van der Waals surface area contributed by atoms with E-state index in [1.807, 2.05) is 19.9 Å². The molecule has 0 saturated carbocycles. The van der Waals surface area contributed by atoms with E-state index in [4.69, 9.17) is 24.4 Å². The second-order valence-electron chi connectivity index (χ2n) is 10.1. The van der Waals surface area contributed by atoms with Crippen LogP contribution in [0, 0.1) is 12.3 Å². The largest absolute Gasteiger partial charge is 0.507 e. The van der Waals surface area contributed by atoms with Crippen LogP contribution in [0.3, 0.4) is 0 Å². The van der Waals surface area contributed by atoms with Gasteiger partial charge in [0, 0.05) is 42.6 Å². The van der Waals surface area contributed by atoms with Gasteiger partial charge in [-0.25, -0.2) is 4.79 Å². The summed E-state index contributed by atoms with van der Waals surface area (Å²) < 4.78 is 21.3. The zero-order chi connectivity index (χ0) is 29.8. The van der Waals surface area contributed by atoms with Crippen molar-refractivity contribution in [1.82, 2.24) is 9.99 Å². The van der Waals surface area contributed by atoms with Crippen molar-refractivity contribution in [2.75, 3.05) is 52.7 Å². The molecular weight excluding hydrogens is 537 g/mol. The topological polar surface area (TPSA) is 151 Å².